The summed E-state index contributed by atoms with van der Waals surface area (Å²) in [6.07, 6.45) is -0.232. The van der Waals surface area contributed by atoms with Gasteiger partial charge in [-0.3, -0.25) is 9.59 Å². The van der Waals surface area contributed by atoms with Crippen molar-refractivity contribution in [2.45, 2.75) is 18.9 Å². The molecule has 1 unspecified atom stereocenters. The van der Waals surface area contributed by atoms with E-state index in [1.807, 2.05) is 0 Å². The topological polar surface area (TPSA) is 145 Å². The molecule has 0 aromatic heterocycles. The zero-order chi connectivity index (χ0) is 16.0. The molecule has 0 spiro atoms. The maximum Gasteiger partial charge on any atom is 0.326 e. The van der Waals surface area contributed by atoms with E-state index in [9.17, 15) is 14.4 Å². The molecule has 0 saturated carbocycles. The standard InChI is InChI=1S/C13H17N3O5/c1-21-10-6-7(14)2-3-8(10)12(18)16-9(13(19)20)4-5-11(15)17/h2-3,6,9H,4-5,14H2,1H3,(H2,15,17)(H,16,18)(H,19,20). The molecule has 8 nitrogen and oxygen atoms in total. The van der Waals surface area contributed by atoms with Crippen molar-refractivity contribution in [3.05, 3.63) is 23.8 Å². The van der Waals surface area contributed by atoms with Crippen molar-refractivity contribution in [3.8, 4) is 5.75 Å². The molecule has 6 N–H and O–H groups in total. The van der Waals surface area contributed by atoms with Crippen LogP contribution in [0.2, 0.25) is 0 Å². The van der Waals surface area contributed by atoms with Crippen LogP contribution in [-0.4, -0.2) is 36.0 Å². The summed E-state index contributed by atoms with van der Waals surface area (Å²) in [4.78, 5) is 33.9. The van der Waals surface area contributed by atoms with E-state index in [-0.39, 0.29) is 24.2 Å². The minimum atomic E-state index is -1.25. The van der Waals surface area contributed by atoms with Crippen molar-refractivity contribution in [3.63, 3.8) is 0 Å². The monoisotopic (exact) mass is 295 g/mol. The Morgan fingerprint density at radius 1 is 1.38 bits per heavy atom. The Bertz CT molecular complexity index is 559. The van der Waals surface area contributed by atoms with Crippen LogP contribution in [0.5, 0.6) is 5.75 Å². The first kappa shape index (κ1) is 16.3. The first-order valence-electron chi connectivity index (χ1n) is 6.10. The molecule has 0 aliphatic carbocycles. The highest BCUT2D eigenvalue weighted by molar-refractivity contribution is 5.99. The van der Waals surface area contributed by atoms with Gasteiger partial charge in [-0.1, -0.05) is 0 Å². The number of ether oxygens (including phenoxy) is 1. The summed E-state index contributed by atoms with van der Waals surface area (Å²) in [6, 6.07) is 3.16. The third-order valence-corrected chi connectivity index (χ3v) is 2.75. The fourth-order valence-corrected chi connectivity index (χ4v) is 1.68. The van der Waals surface area contributed by atoms with E-state index >= 15 is 0 Å². The van der Waals surface area contributed by atoms with Gasteiger partial charge in [0.15, 0.2) is 0 Å². The number of nitrogens with two attached hydrogens (primary N) is 2. The van der Waals surface area contributed by atoms with Crippen LogP contribution in [0.15, 0.2) is 18.2 Å². The molecule has 21 heavy (non-hydrogen) atoms. The van der Waals surface area contributed by atoms with Gasteiger partial charge < -0.3 is 26.6 Å². The van der Waals surface area contributed by atoms with Gasteiger partial charge in [-0.2, -0.15) is 0 Å². The third-order valence-electron chi connectivity index (χ3n) is 2.75. The highest BCUT2D eigenvalue weighted by Crippen LogP contribution is 2.21. The Hall–Kier alpha value is -2.77. The predicted octanol–water partition coefficient (Wildman–Crippen LogP) is -0.274. The highest BCUT2D eigenvalue weighted by atomic mass is 16.5. The van der Waals surface area contributed by atoms with Crippen molar-refractivity contribution >= 4 is 23.5 Å². The van der Waals surface area contributed by atoms with Crippen LogP contribution in [0, 0.1) is 0 Å². The summed E-state index contributed by atoms with van der Waals surface area (Å²) in [7, 11) is 1.37. The molecular formula is C13H17N3O5. The van der Waals surface area contributed by atoms with Gasteiger partial charge in [0.05, 0.1) is 12.7 Å². The first-order chi connectivity index (χ1) is 9.85. The molecule has 0 saturated heterocycles. The number of carboxylic acids is 1. The minimum absolute atomic E-state index is 0.0896. The van der Waals surface area contributed by atoms with Crippen LogP contribution in [0.3, 0.4) is 0 Å². The highest BCUT2D eigenvalue weighted by Gasteiger charge is 2.22. The second kappa shape index (κ2) is 7.13. The van der Waals surface area contributed by atoms with Crippen LogP contribution in [0.4, 0.5) is 5.69 Å². The van der Waals surface area contributed by atoms with Gasteiger partial charge >= 0.3 is 5.97 Å². The number of rotatable bonds is 7. The zero-order valence-electron chi connectivity index (χ0n) is 11.5. The third kappa shape index (κ3) is 4.68. The van der Waals surface area contributed by atoms with Crippen molar-refractivity contribution in [2.75, 3.05) is 12.8 Å². The van der Waals surface area contributed by atoms with Gasteiger partial charge in [0.2, 0.25) is 5.91 Å². The molecule has 0 fully saturated rings. The van der Waals surface area contributed by atoms with E-state index in [1.54, 1.807) is 0 Å². The smallest absolute Gasteiger partial charge is 0.326 e. The number of anilines is 1. The second-order valence-electron chi connectivity index (χ2n) is 4.33. The number of hydrogen-bond acceptors (Lipinski definition) is 5. The molecule has 1 atom stereocenters. The number of benzene rings is 1. The molecule has 0 heterocycles. The summed E-state index contributed by atoms with van der Waals surface area (Å²) in [5.41, 5.74) is 11.1. The number of nitrogen functional groups attached to an aromatic ring is 1. The Morgan fingerprint density at radius 2 is 2.05 bits per heavy atom. The summed E-state index contributed by atoms with van der Waals surface area (Å²) < 4.78 is 5.03. The Morgan fingerprint density at radius 3 is 2.57 bits per heavy atom. The van der Waals surface area contributed by atoms with Crippen molar-refractivity contribution < 1.29 is 24.2 Å². The lowest BCUT2D eigenvalue weighted by molar-refractivity contribution is -0.139. The first-order valence-corrected chi connectivity index (χ1v) is 6.10. The molecule has 8 heteroatoms. The molecule has 2 amide bonds. The maximum atomic E-state index is 12.1. The second-order valence-corrected chi connectivity index (χ2v) is 4.33. The van der Waals surface area contributed by atoms with E-state index in [0.717, 1.165) is 0 Å². The predicted molar refractivity (Wildman–Crippen MR) is 74.7 cm³/mol. The number of carbonyl (C=O) groups is 3. The Kier molecular flexibility index (Phi) is 5.53. The summed E-state index contributed by atoms with van der Waals surface area (Å²) in [5.74, 6) is -2.30. The normalized spacial score (nSPS) is 11.5. The largest absolute Gasteiger partial charge is 0.496 e. The lowest BCUT2D eigenvalue weighted by atomic mass is 10.1. The van der Waals surface area contributed by atoms with Gasteiger partial charge in [-0.15, -0.1) is 0 Å². The number of amides is 2. The Labute approximate surface area is 121 Å². The van der Waals surface area contributed by atoms with Crippen LogP contribution in [0.25, 0.3) is 0 Å². The number of carbonyl (C=O) groups excluding carboxylic acids is 2. The molecule has 1 aromatic rings. The van der Waals surface area contributed by atoms with Crippen molar-refractivity contribution in [1.82, 2.24) is 5.32 Å². The molecule has 0 radical (unpaired) electrons. The molecule has 0 bridgehead atoms. The number of nitrogens with one attached hydrogen (secondary N) is 1. The SMILES string of the molecule is COc1cc(N)ccc1C(=O)NC(CCC(N)=O)C(=O)O. The fourth-order valence-electron chi connectivity index (χ4n) is 1.68. The minimum Gasteiger partial charge on any atom is -0.496 e. The average Bonchev–Trinajstić information content (AvgIpc) is 2.42. The van der Waals surface area contributed by atoms with Gasteiger partial charge in [0.1, 0.15) is 11.8 Å². The van der Waals surface area contributed by atoms with Gasteiger partial charge in [0, 0.05) is 18.2 Å². The fraction of sp³-hybridized carbons (Fsp3) is 0.308. The molecule has 1 rings (SSSR count). The van der Waals surface area contributed by atoms with Crippen LogP contribution in [-0.2, 0) is 9.59 Å². The number of carboxylic acid groups (broad SMARTS) is 1. The van der Waals surface area contributed by atoms with Crippen LogP contribution in [0.1, 0.15) is 23.2 Å². The molecular weight excluding hydrogens is 278 g/mol. The zero-order valence-corrected chi connectivity index (χ0v) is 11.5. The van der Waals surface area contributed by atoms with E-state index in [1.165, 1.54) is 25.3 Å². The van der Waals surface area contributed by atoms with E-state index in [4.69, 9.17) is 21.3 Å². The van der Waals surface area contributed by atoms with Crippen molar-refractivity contribution in [2.24, 2.45) is 5.73 Å². The van der Waals surface area contributed by atoms with Gasteiger partial charge in [-0.25, -0.2) is 4.79 Å². The number of primary amides is 1. The molecule has 0 aliphatic rings. The lowest BCUT2D eigenvalue weighted by Crippen LogP contribution is -2.41. The molecule has 1 aromatic carbocycles. The Balaban J connectivity index is 2.86. The van der Waals surface area contributed by atoms with E-state index in [0.29, 0.717) is 5.69 Å². The lowest BCUT2D eigenvalue weighted by Gasteiger charge is -2.15. The summed E-state index contributed by atoms with van der Waals surface area (Å²) in [6.45, 7) is 0. The van der Waals surface area contributed by atoms with E-state index < -0.39 is 23.8 Å². The summed E-state index contributed by atoms with van der Waals surface area (Å²) in [5, 5.41) is 11.3. The summed E-state index contributed by atoms with van der Waals surface area (Å²) >= 11 is 0. The van der Waals surface area contributed by atoms with Crippen LogP contribution < -0.4 is 21.5 Å². The van der Waals surface area contributed by atoms with Crippen LogP contribution >= 0.6 is 0 Å². The number of hydrogen-bond donors (Lipinski definition) is 4. The van der Waals surface area contributed by atoms with Crippen molar-refractivity contribution in [1.29, 1.82) is 0 Å². The number of methoxy groups -OCH3 is 1. The van der Waals surface area contributed by atoms with E-state index in [2.05, 4.69) is 5.32 Å². The quantitative estimate of drug-likeness (QED) is 0.509. The van der Waals surface area contributed by atoms with Gasteiger partial charge in [0.25, 0.3) is 5.91 Å². The van der Waals surface area contributed by atoms with Gasteiger partial charge in [-0.05, 0) is 18.6 Å². The average molecular weight is 295 g/mol. The molecule has 114 valence electrons. The maximum absolute atomic E-state index is 12.1. The molecule has 0 aliphatic heterocycles. The number of aliphatic carboxylic acids is 1.